The Morgan fingerprint density at radius 3 is 2.52 bits per heavy atom. The Bertz CT molecular complexity index is 693. The molecule has 8 heteroatoms. The number of rotatable bonds is 3. The van der Waals surface area contributed by atoms with Gasteiger partial charge in [0.25, 0.3) is 0 Å². The lowest BCUT2D eigenvalue weighted by Crippen LogP contribution is -2.50. The number of nitrogens with zero attached hydrogens (tertiary/aromatic N) is 6. The van der Waals surface area contributed by atoms with Crippen LogP contribution in [0.1, 0.15) is 11.4 Å². The largest absolute Gasteiger partial charge is 0.352 e. The molecule has 0 radical (unpaired) electrons. The number of aromatic nitrogens is 4. The summed E-state index contributed by atoms with van der Waals surface area (Å²) in [5.41, 5.74) is 1.58. The molecule has 0 bridgehead atoms. The van der Waals surface area contributed by atoms with Crippen LogP contribution in [0.5, 0.6) is 0 Å². The van der Waals surface area contributed by atoms with Gasteiger partial charge in [0.05, 0.1) is 22.6 Å². The smallest absolute Gasteiger partial charge is 0.244 e. The van der Waals surface area contributed by atoms with Crippen LogP contribution in [0.2, 0.25) is 5.02 Å². The first-order chi connectivity index (χ1) is 11.1. The third kappa shape index (κ3) is 3.29. The van der Waals surface area contributed by atoms with Crippen LogP contribution in [-0.4, -0.2) is 56.7 Å². The molecule has 1 saturated heterocycles. The average Bonchev–Trinajstić information content (AvgIpc) is 2.83. The van der Waals surface area contributed by atoms with Gasteiger partial charge in [0.15, 0.2) is 0 Å². The molecule has 2 aromatic rings. The fourth-order valence-electron chi connectivity index (χ4n) is 2.70. The Kier molecular flexibility index (Phi) is 4.47. The Morgan fingerprint density at radius 1 is 1.22 bits per heavy atom. The van der Waals surface area contributed by atoms with Crippen molar-refractivity contribution >= 4 is 23.3 Å². The van der Waals surface area contributed by atoms with E-state index in [0.29, 0.717) is 18.1 Å². The summed E-state index contributed by atoms with van der Waals surface area (Å²) in [5, 5.41) is 4.95. The van der Waals surface area contributed by atoms with E-state index in [9.17, 15) is 4.79 Å². The lowest BCUT2D eigenvalue weighted by atomic mass is 10.3. The fourth-order valence-corrected chi connectivity index (χ4v) is 2.83. The molecule has 3 heterocycles. The van der Waals surface area contributed by atoms with Gasteiger partial charge in [-0.2, -0.15) is 5.10 Å². The van der Waals surface area contributed by atoms with Crippen molar-refractivity contribution < 1.29 is 4.79 Å². The average molecular weight is 335 g/mol. The minimum atomic E-state index is 0.0612. The van der Waals surface area contributed by atoms with Crippen molar-refractivity contribution in [1.29, 1.82) is 0 Å². The van der Waals surface area contributed by atoms with E-state index in [1.54, 1.807) is 23.3 Å². The molecule has 0 atom stereocenters. The van der Waals surface area contributed by atoms with Crippen molar-refractivity contribution in [2.24, 2.45) is 0 Å². The van der Waals surface area contributed by atoms with Crippen LogP contribution in [0, 0.1) is 13.8 Å². The number of halogens is 1. The van der Waals surface area contributed by atoms with Gasteiger partial charge in [-0.15, -0.1) is 0 Å². The number of amides is 1. The number of piperazine rings is 1. The van der Waals surface area contributed by atoms with Gasteiger partial charge in [0, 0.05) is 38.6 Å². The van der Waals surface area contributed by atoms with Crippen LogP contribution in [0.15, 0.2) is 18.6 Å². The molecule has 0 aliphatic carbocycles. The van der Waals surface area contributed by atoms with Crippen molar-refractivity contribution in [3.63, 3.8) is 0 Å². The summed E-state index contributed by atoms with van der Waals surface area (Å²) < 4.78 is 1.68. The van der Waals surface area contributed by atoms with Gasteiger partial charge in [-0.05, 0) is 13.8 Å². The molecule has 1 fully saturated rings. The third-order valence-corrected chi connectivity index (χ3v) is 4.63. The van der Waals surface area contributed by atoms with Gasteiger partial charge in [-0.25, -0.2) is 4.98 Å². The molecule has 0 unspecified atom stereocenters. The Morgan fingerprint density at radius 2 is 1.96 bits per heavy atom. The van der Waals surface area contributed by atoms with E-state index in [1.807, 2.05) is 18.7 Å². The van der Waals surface area contributed by atoms with E-state index in [-0.39, 0.29) is 12.5 Å². The highest BCUT2D eigenvalue weighted by molar-refractivity contribution is 6.31. The van der Waals surface area contributed by atoms with Crippen molar-refractivity contribution in [2.45, 2.75) is 20.4 Å². The van der Waals surface area contributed by atoms with Crippen LogP contribution in [-0.2, 0) is 11.3 Å². The Balaban J connectivity index is 1.59. The summed E-state index contributed by atoms with van der Waals surface area (Å²) in [4.78, 5) is 24.8. The van der Waals surface area contributed by atoms with Crippen molar-refractivity contribution in [3.05, 3.63) is 35.0 Å². The summed E-state index contributed by atoms with van der Waals surface area (Å²) in [6, 6.07) is 0. The summed E-state index contributed by atoms with van der Waals surface area (Å²) in [7, 11) is 0. The first kappa shape index (κ1) is 15.7. The van der Waals surface area contributed by atoms with Gasteiger partial charge in [0.1, 0.15) is 12.4 Å². The van der Waals surface area contributed by atoms with Crippen LogP contribution >= 0.6 is 11.6 Å². The molecule has 1 amide bonds. The van der Waals surface area contributed by atoms with Crippen LogP contribution in [0.3, 0.4) is 0 Å². The quantitative estimate of drug-likeness (QED) is 0.846. The molecule has 0 aromatic carbocycles. The lowest BCUT2D eigenvalue weighted by Gasteiger charge is -2.35. The molecular formula is C15H19ClN6O. The summed E-state index contributed by atoms with van der Waals surface area (Å²) in [6.07, 6.45) is 5.08. The van der Waals surface area contributed by atoms with Gasteiger partial charge in [0.2, 0.25) is 5.91 Å². The van der Waals surface area contributed by atoms with Crippen LogP contribution < -0.4 is 4.90 Å². The highest BCUT2D eigenvalue weighted by Gasteiger charge is 2.23. The maximum Gasteiger partial charge on any atom is 0.244 e. The molecule has 0 saturated carbocycles. The monoisotopic (exact) mass is 334 g/mol. The number of hydrogen-bond donors (Lipinski definition) is 0. The second-order valence-corrected chi connectivity index (χ2v) is 5.95. The first-order valence-electron chi connectivity index (χ1n) is 7.54. The highest BCUT2D eigenvalue weighted by atomic mass is 35.5. The molecule has 23 heavy (non-hydrogen) atoms. The standard InChI is InChI=1S/C15H19ClN6O/c1-11-15(16)12(2)22(19-11)10-14(23)21-7-5-20(6-8-21)13-9-17-3-4-18-13/h3-4,9H,5-8,10H2,1-2H3. The maximum atomic E-state index is 12.5. The van der Waals surface area contributed by atoms with Crippen LogP contribution in [0.4, 0.5) is 5.82 Å². The zero-order chi connectivity index (χ0) is 16.4. The van der Waals surface area contributed by atoms with E-state index in [0.717, 1.165) is 30.3 Å². The second kappa shape index (κ2) is 6.54. The van der Waals surface area contributed by atoms with Crippen molar-refractivity contribution in [1.82, 2.24) is 24.6 Å². The molecule has 0 spiro atoms. The van der Waals surface area contributed by atoms with E-state index in [4.69, 9.17) is 11.6 Å². The number of hydrogen-bond acceptors (Lipinski definition) is 5. The normalized spacial score (nSPS) is 15.1. The molecule has 2 aromatic heterocycles. The zero-order valence-corrected chi connectivity index (χ0v) is 14.0. The van der Waals surface area contributed by atoms with Gasteiger partial charge in [-0.1, -0.05) is 11.6 Å². The predicted molar refractivity (Wildman–Crippen MR) is 87.5 cm³/mol. The zero-order valence-electron chi connectivity index (χ0n) is 13.2. The van der Waals surface area contributed by atoms with Crippen LogP contribution in [0.25, 0.3) is 0 Å². The number of aryl methyl sites for hydroxylation is 1. The maximum absolute atomic E-state index is 12.5. The molecular weight excluding hydrogens is 316 g/mol. The molecule has 0 N–H and O–H groups in total. The molecule has 3 rings (SSSR count). The Labute approximate surface area is 139 Å². The fraction of sp³-hybridized carbons (Fsp3) is 0.467. The predicted octanol–water partition coefficient (Wildman–Crippen LogP) is 1.29. The minimum Gasteiger partial charge on any atom is -0.352 e. The lowest BCUT2D eigenvalue weighted by molar-refractivity contribution is -0.132. The summed E-state index contributed by atoms with van der Waals surface area (Å²) in [6.45, 7) is 6.79. The summed E-state index contributed by atoms with van der Waals surface area (Å²) in [5.74, 6) is 0.913. The van der Waals surface area contributed by atoms with Crippen molar-refractivity contribution in [3.8, 4) is 0 Å². The van der Waals surface area contributed by atoms with E-state index in [2.05, 4.69) is 20.0 Å². The molecule has 122 valence electrons. The number of carbonyl (C=O) groups excluding carboxylic acids is 1. The van der Waals surface area contributed by atoms with Gasteiger partial charge in [-0.3, -0.25) is 14.5 Å². The minimum absolute atomic E-state index is 0.0612. The van der Waals surface area contributed by atoms with Crippen molar-refractivity contribution in [2.75, 3.05) is 31.1 Å². The third-order valence-electron chi connectivity index (χ3n) is 4.08. The Hall–Kier alpha value is -2.15. The van der Waals surface area contributed by atoms with Gasteiger partial charge < -0.3 is 9.80 Å². The SMILES string of the molecule is Cc1nn(CC(=O)N2CCN(c3cnccn3)CC2)c(C)c1Cl. The molecule has 1 aliphatic heterocycles. The van der Waals surface area contributed by atoms with E-state index < -0.39 is 0 Å². The number of anilines is 1. The van der Waals surface area contributed by atoms with E-state index in [1.165, 1.54) is 0 Å². The van der Waals surface area contributed by atoms with Gasteiger partial charge >= 0.3 is 0 Å². The second-order valence-electron chi connectivity index (χ2n) is 5.57. The topological polar surface area (TPSA) is 67.2 Å². The first-order valence-corrected chi connectivity index (χ1v) is 7.92. The molecule has 1 aliphatic rings. The van der Waals surface area contributed by atoms with E-state index >= 15 is 0 Å². The number of carbonyl (C=O) groups is 1. The highest BCUT2D eigenvalue weighted by Crippen LogP contribution is 2.19. The summed E-state index contributed by atoms with van der Waals surface area (Å²) >= 11 is 6.13. The molecule has 7 nitrogen and oxygen atoms in total.